The molecular formula is C19H21N5O2. The molecule has 0 radical (unpaired) electrons. The first-order valence-corrected chi connectivity index (χ1v) is 8.91. The van der Waals surface area contributed by atoms with Crippen LogP contribution in [0.3, 0.4) is 0 Å². The van der Waals surface area contributed by atoms with E-state index in [1.54, 1.807) is 0 Å². The van der Waals surface area contributed by atoms with Gasteiger partial charge in [0.05, 0.1) is 0 Å². The first-order chi connectivity index (χ1) is 12.8. The lowest BCUT2D eigenvalue weighted by Crippen LogP contribution is -2.46. The van der Waals surface area contributed by atoms with Crippen molar-refractivity contribution in [1.29, 1.82) is 0 Å². The van der Waals surface area contributed by atoms with Gasteiger partial charge in [0.15, 0.2) is 17.1 Å². The number of pyridine rings is 1. The van der Waals surface area contributed by atoms with Gasteiger partial charge < -0.3 is 14.4 Å². The van der Waals surface area contributed by atoms with E-state index in [4.69, 9.17) is 14.5 Å². The van der Waals surface area contributed by atoms with Crippen LogP contribution < -0.4 is 14.4 Å². The number of piperazine rings is 1. The van der Waals surface area contributed by atoms with Crippen LogP contribution in [0.1, 0.15) is 5.56 Å². The second kappa shape index (κ2) is 6.17. The molecule has 2 aromatic heterocycles. The van der Waals surface area contributed by atoms with Gasteiger partial charge in [-0.3, -0.25) is 9.47 Å². The van der Waals surface area contributed by atoms with Gasteiger partial charge in [-0.1, -0.05) is 6.07 Å². The van der Waals surface area contributed by atoms with Crippen LogP contribution in [0.15, 0.2) is 36.5 Å². The zero-order chi connectivity index (χ0) is 17.5. The summed E-state index contributed by atoms with van der Waals surface area (Å²) in [7, 11) is 2.04. The van der Waals surface area contributed by atoms with E-state index in [2.05, 4.69) is 31.5 Å². The Bertz CT molecular complexity index is 946. The zero-order valence-electron chi connectivity index (χ0n) is 14.8. The summed E-state index contributed by atoms with van der Waals surface area (Å²) in [6.45, 7) is 5.18. The molecule has 1 aromatic carbocycles. The Morgan fingerprint density at radius 3 is 2.73 bits per heavy atom. The first kappa shape index (κ1) is 15.5. The Balaban J connectivity index is 1.26. The first-order valence-electron chi connectivity index (χ1n) is 8.91. The maximum absolute atomic E-state index is 5.48. The van der Waals surface area contributed by atoms with E-state index >= 15 is 0 Å². The topological polar surface area (TPSA) is 55.7 Å². The summed E-state index contributed by atoms with van der Waals surface area (Å²) >= 11 is 0. The van der Waals surface area contributed by atoms with Crippen molar-refractivity contribution in [2.45, 2.75) is 6.54 Å². The predicted octanol–water partition coefficient (Wildman–Crippen LogP) is 2.02. The minimum Gasteiger partial charge on any atom is -0.454 e. The smallest absolute Gasteiger partial charge is 0.231 e. The molecule has 0 amide bonds. The van der Waals surface area contributed by atoms with Crippen molar-refractivity contribution in [3.8, 4) is 11.5 Å². The normalized spacial score (nSPS) is 17.2. The molecule has 0 bridgehead atoms. The Kier molecular flexibility index (Phi) is 3.67. The maximum atomic E-state index is 5.48. The summed E-state index contributed by atoms with van der Waals surface area (Å²) in [5.41, 5.74) is 3.15. The number of fused-ring (bicyclic) bond motifs is 2. The van der Waals surface area contributed by atoms with Crippen LogP contribution in [-0.2, 0) is 13.6 Å². The van der Waals surface area contributed by atoms with Gasteiger partial charge in [0.25, 0.3) is 0 Å². The summed E-state index contributed by atoms with van der Waals surface area (Å²) in [6.07, 6.45) is 1.82. The highest BCUT2D eigenvalue weighted by Gasteiger charge is 2.22. The van der Waals surface area contributed by atoms with E-state index in [-0.39, 0.29) is 0 Å². The minimum atomic E-state index is 0.324. The molecule has 0 unspecified atom stereocenters. The van der Waals surface area contributed by atoms with Gasteiger partial charge in [-0.15, -0.1) is 0 Å². The Labute approximate surface area is 151 Å². The minimum absolute atomic E-state index is 0.324. The molecule has 0 N–H and O–H groups in total. The van der Waals surface area contributed by atoms with Crippen molar-refractivity contribution in [3.05, 3.63) is 42.1 Å². The van der Waals surface area contributed by atoms with Crippen molar-refractivity contribution in [2.24, 2.45) is 7.05 Å². The number of imidazole rings is 1. The summed E-state index contributed by atoms with van der Waals surface area (Å²) in [4.78, 5) is 14.0. The van der Waals surface area contributed by atoms with E-state index in [9.17, 15) is 0 Å². The van der Waals surface area contributed by atoms with Gasteiger partial charge in [-0.05, 0) is 29.8 Å². The van der Waals surface area contributed by atoms with Crippen LogP contribution in [-0.4, -0.2) is 52.4 Å². The van der Waals surface area contributed by atoms with E-state index in [0.717, 1.165) is 61.3 Å². The fraction of sp³-hybridized carbons (Fsp3) is 0.368. The molecule has 3 aromatic rings. The van der Waals surface area contributed by atoms with Crippen LogP contribution in [0.2, 0.25) is 0 Å². The largest absolute Gasteiger partial charge is 0.454 e. The number of nitrogens with zero attached hydrogens (tertiary/aromatic N) is 5. The van der Waals surface area contributed by atoms with Crippen LogP contribution in [0.4, 0.5) is 5.95 Å². The van der Waals surface area contributed by atoms with E-state index < -0.39 is 0 Å². The number of hydrogen-bond acceptors (Lipinski definition) is 6. The zero-order valence-corrected chi connectivity index (χ0v) is 14.8. The lowest BCUT2D eigenvalue weighted by molar-refractivity contribution is 0.174. The Morgan fingerprint density at radius 1 is 1.04 bits per heavy atom. The highest BCUT2D eigenvalue weighted by atomic mass is 16.7. The molecule has 1 saturated heterocycles. The van der Waals surface area contributed by atoms with Crippen LogP contribution in [0, 0.1) is 0 Å². The summed E-state index contributed by atoms with van der Waals surface area (Å²) in [6, 6.07) is 10.2. The monoisotopic (exact) mass is 351 g/mol. The second-order valence-corrected chi connectivity index (χ2v) is 6.77. The van der Waals surface area contributed by atoms with Crippen molar-refractivity contribution in [1.82, 2.24) is 19.4 Å². The van der Waals surface area contributed by atoms with Gasteiger partial charge in [0, 0.05) is 46.0 Å². The lowest BCUT2D eigenvalue weighted by atomic mass is 10.1. The fourth-order valence-electron chi connectivity index (χ4n) is 3.70. The molecule has 0 saturated carbocycles. The highest BCUT2D eigenvalue weighted by Crippen LogP contribution is 2.33. The molecule has 0 atom stereocenters. The van der Waals surface area contributed by atoms with Gasteiger partial charge in [-0.25, -0.2) is 9.97 Å². The van der Waals surface area contributed by atoms with Crippen LogP contribution >= 0.6 is 0 Å². The average Bonchev–Trinajstić information content (AvgIpc) is 3.27. The number of benzene rings is 1. The van der Waals surface area contributed by atoms with Crippen LogP contribution in [0.5, 0.6) is 11.5 Å². The number of anilines is 1. The maximum Gasteiger partial charge on any atom is 0.231 e. The van der Waals surface area contributed by atoms with Crippen molar-refractivity contribution in [3.63, 3.8) is 0 Å². The molecule has 134 valence electrons. The third kappa shape index (κ3) is 2.64. The molecule has 26 heavy (non-hydrogen) atoms. The lowest BCUT2D eigenvalue weighted by Gasteiger charge is -2.35. The van der Waals surface area contributed by atoms with Crippen molar-refractivity contribution < 1.29 is 9.47 Å². The SMILES string of the molecule is Cn1c(N2CCN(Cc3ccc4c(c3)OCO4)CC2)nc2cccnc21. The quantitative estimate of drug-likeness (QED) is 0.720. The Hall–Kier alpha value is -2.80. The third-order valence-electron chi connectivity index (χ3n) is 5.10. The standard InChI is InChI=1S/C19H21N5O2/c1-22-18-15(3-2-6-20-18)21-19(22)24-9-7-23(8-10-24)12-14-4-5-16-17(11-14)26-13-25-16/h2-6,11H,7-10,12-13H2,1H3. The molecule has 7 nitrogen and oxygen atoms in total. The molecule has 5 rings (SSSR count). The van der Waals surface area contributed by atoms with Gasteiger partial charge in [0.1, 0.15) is 5.52 Å². The number of aryl methyl sites for hydroxylation is 1. The number of ether oxygens (including phenoxy) is 2. The molecule has 1 fully saturated rings. The van der Waals surface area contributed by atoms with E-state index in [1.165, 1.54) is 5.56 Å². The molecule has 2 aliphatic rings. The number of rotatable bonds is 3. The molecule has 2 aliphatic heterocycles. The van der Waals surface area contributed by atoms with Gasteiger partial charge in [-0.2, -0.15) is 0 Å². The molecular weight excluding hydrogens is 330 g/mol. The highest BCUT2D eigenvalue weighted by molar-refractivity contribution is 5.74. The fourth-order valence-corrected chi connectivity index (χ4v) is 3.70. The van der Waals surface area contributed by atoms with Crippen molar-refractivity contribution in [2.75, 3.05) is 37.9 Å². The Morgan fingerprint density at radius 2 is 1.88 bits per heavy atom. The van der Waals surface area contributed by atoms with Gasteiger partial charge in [0.2, 0.25) is 12.7 Å². The molecule has 0 spiro atoms. The van der Waals surface area contributed by atoms with Crippen molar-refractivity contribution >= 4 is 17.1 Å². The van der Waals surface area contributed by atoms with Gasteiger partial charge >= 0.3 is 0 Å². The van der Waals surface area contributed by atoms with E-state index in [1.807, 2.05) is 31.4 Å². The molecule has 7 heteroatoms. The van der Waals surface area contributed by atoms with Crippen LogP contribution in [0.25, 0.3) is 11.2 Å². The molecule has 4 heterocycles. The summed E-state index contributed by atoms with van der Waals surface area (Å²) in [5, 5.41) is 0. The number of aromatic nitrogens is 3. The van der Waals surface area contributed by atoms with E-state index in [0.29, 0.717) is 6.79 Å². The third-order valence-corrected chi connectivity index (χ3v) is 5.10. The summed E-state index contributed by atoms with van der Waals surface area (Å²) in [5.74, 6) is 2.70. The predicted molar refractivity (Wildman–Crippen MR) is 98.6 cm³/mol. The molecule has 0 aliphatic carbocycles. The summed E-state index contributed by atoms with van der Waals surface area (Å²) < 4.78 is 13.0. The second-order valence-electron chi connectivity index (χ2n) is 6.77. The number of hydrogen-bond donors (Lipinski definition) is 0. The average molecular weight is 351 g/mol.